The van der Waals surface area contributed by atoms with Crippen LogP contribution in [-0.4, -0.2) is 5.71 Å². The lowest BCUT2D eigenvalue weighted by molar-refractivity contribution is 1.04. The van der Waals surface area contributed by atoms with Crippen molar-refractivity contribution in [2.75, 3.05) is 0 Å². The van der Waals surface area contributed by atoms with Gasteiger partial charge in [-0.25, -0.2) is 0 Å². The maximum Gasteiger partial charge on any atom is 0.0649 e. The number of fused-ring (bicyclic) bond motifs is 1. The zero-order valence-electron chi connectivity index (χ0n) is 8.96. The molecule has 1 nitrogen and oxygen atoms in total. The van der Waals surface area contributed by atoms with Gasteiger partial charge in [-0.15, -0.1) is 0 Å². The van der Waals surface area contributed by atoms with Gasteiger partial charge >= 0.3 is 0 Å². The molecular formula is C13H15N. The van der Waals surface area contributed by atoms with E-state index >= 15 is 0 Å². The molecule has 0 unspecified atom stereocenters. The molecule has 0 amide bonds. The van der Waals surface area contributed by atoms with Gasteiger partial charge in [0.05, 0.1) is 6.54 Å². The summed E-state index contributed by atoms with van der Waals surface area (Å²) in [5.74, 6) is 0. The maximum atomic E-state index is 4.51. The topological polar surface area (TPSA) is 12.4 Å². The average molecular weight is 185 g/mol. The van der Waals surface area contributed by atoms with Crippen LogP contribution in [-0.2, 0) is 6.54 Å². The molecule has 0 saturated carbocycles. The van der Waals surface area contributed by atoms with Gasteiger partial charge in [-0.05, 0) is 37.5 Å². The highest BCUT2D eigenvalue weighted by molar-refractivity contribution is 6.23. The quantitative estimate of drug-likeness (QED) is 0.587. The molecule has 72 valence electrons. The van der Waals surface area contributed by atoms with Crippen LogP contribution in [0.15, 0.2) is 29.3 Å². The number of hydrogen-bond donors (Lipinski definition) is 0. The van der Waals surface area contributed by atoms with E-state index in [9.17, 15) is 0 Å². The molecule has 0 atom stereocenters. The Balaban J connectivity index is 2.59. The van der Waals surface area contributed by atoms with Crippen molar-refractivity contribution in [3.63, 3.8) is 0 Å². The van der Waals surface area contributed by atoms with E-state index in [1.165, 1.54) is 22.3 Å². The Labute approximate surface area is 85.2 Å². The van der Waals surface area contributed by atoms with Gasteiger partial charge in [0.25, 0.3) is 0 Å². The predicted octanol–water partition coefficient (Wildman–Crippen LogP) is 3.37. The van der Waals surface area contributed by atoms with E-state index in [0.717, 1.165) is 12.3 Å². The summed E-state index contributed by atoms with van der Waals surface area (Å²) < 4.78 is 0. The van der Waals surface area contributed by atoms with Crippen LogP contribution >= 0.6 is 0 Å². The van der Waals surface area contributed by atoms with Crippen molar-refractivity contribution in [2.45, 2.75) is 27.3 Å². The van der Waals surface area contributed by atoms with Crippen molar-refractivity contribution in [3.8, 4) is 0 Å². The minimum absolute atomic E-state index is 0.834. The number of benzene rings is 1. The van der Waals surface area contributed by atoms with Gasteiger partial charge in [0.1, 0.15) is 0 Å². The minimum atomic E-state index is 0.834. The third-order valence-electron chi connectivity index (χ3n) is 2.72. The molecule has 0 aromatic heterocycles. The summed E-state index contributed by atoms with van der Waals surface area (Å²) in [7, 11) is 0. The Morgan fingerprint density at radius 3 is 2.79 bits per heavy atom. The van der Waals surface area contributed by atoms with Crippen molar-refractivity contribution >= 4 is 11.3 Å². The zero-order valence-corrected chi connectivity index (χ0v) is 8.96. The largest absolute Gasteiger partial charge is 0.285 e. The van der Waals surface area contributed by atoms with E-state index in [1.807, 2.05) is 0 Å². The monoisotopic (exact) mass is 185 g/mol. The first-order valence-corrected chi connectivity index (χ1v) is 5.00. The molecule has 0 saturated heterocycles. The van der Waals surface area contributed by atoms with Crippen molar-refractivity contribution < 1.29 is 0 Å². The summed E-state index contributed by atoms with van der Waals surface area (Å²) in [5, 5.41) is 0. The third-order valence-corrected chi connectivity index (χ3v) is 2.72. The fourth-order valence-electron chi connectivity index (χ4n) is 1.96. The summed E-state index contributed by atoms with van der Waals surface area (Å²) >= 11 is 0. The first kappa shape index (κ1) is 9.20. The van der Waals surface area contributed by atoms with Gasteiger partial charge in [0.2, 0.25) is 0 Å². The Kier molecular flexibility index (Phi) is 2.24. The van der Waals surface area contributed by atoms with E-state index in [4.69, 9.17) is 0 Å². The zero-order chi connectivity index (χ0) is 10.1. The van der Waals surface area contributed by atoms with Gasteiger partial charge < -0.3 is 0 Å². The standard InChI is InChI=1S/C13H15N/c1-4-12-10(3)14-8-11-7-9(2)5-6-13(11)12/h4-7H,8H2,1-3H3/b12-4+. The number of aryl methyl sites for hydroxylation is 1. The third kappa shape index (κ3) is 1.39. The van der Waals surface area contributed by atoms with Crippen LogP contribution < -0.4 is 0 Å². The van der Waals surface area contributed by atoms with Crippen LogP contribution in [0.3, 0.4) is 0 Å². The lowest BCUT2D eigenvalue weighted by Gasteiger charge is -2.17. The summed E-state index contributed by atoms with van der Waals surface area (Å²) in [6, 6.07) is 6.61. The molecule has 0 bridgehead atoms. The van der Waals surface area contributed by atoms with E-state index in [2.05, 4.69) is 50.0 Å². The molecule has 0 radical (unpaired) electrons. The van der Waals surface area contributed by atoms with Crippen LogP contribution in [0, 0.1) is 6.92 Å². The fraction of sp³-hybridized carbons (Fsp3) is 0.308. The highest BCUT2D eigenvalue weighted by Crippen LogP contribution is 2.26. The van der Waals surface area contributed by atoms with E-state index in [-0.39, 0.29) is 0 Å². The van der Waals surface area contributed by atoms with Crippen molar-refractivity contribution in [2.24, 2.45) is 4.99 Å². The SMILES string of the molecule is C/C=C1\C(C)=NCc2cc(C)ccc21. The molecule has 1 heterocycles. The second-order valence-electron chi connectivity index (χ2n) is 3.76. The van der Waals surface area contributed by atoms with Gasteiger partial charge in [-0.3, -0.25) is 4.99 Å². The Morgan fingerprint density at radius 2 is 2.07 bits per heavy atom. The molecule has 1 heteroatoms. The molecule has 1 aliphatic rings. The molecule has 0 N–H and O–H groups in total. The van der Waals surface area contributed by atoms with Crippen LogP contribution in [0.2, 0.25) is 0 Å². The second kappa shape index (κ2) is 3.41. The Morgan fingerprint density at radius 1 is 1.29 bits per heavy atom. The van der Waals surface area contributed by atoms with Gasteiger partial charge in [0, 0.05) is 5.71 Å². The lowest BCUT2D eigenvalue weighted by Crippen LogP contribution is -2.07. The van der Waals surface area contributed by atoms with Crippen LogP contribution in [0.1, 0.15) is 30.5 Å². The maximum absolute atomic E-state index is 4.51. The number of allylic oxidation sites excluding steroid dienone is 2. The number of nitrogens with zero attached hydrogens (tertiary/aromatic N) is 1. The van der Waals surface area contributed by atoms with Crippen LogP contribution in [0.5, 0.6) is 0 Å². The van der Waals surface area contributed by atoms with Crippen LogP contribution in [0.25, 0.3) is 5.57 Å². The van der Waals surface area contributed by atoms with E-state index < -0.39 is 0 Å². The molecule has 0 fully saturated rings. The predicted molar refractivity (Wildman–Crippen MR) is 61.6 cm³/mol. The molecule has 0 spiro atoms. The fourth-order valence-corrected chi connectivity index (χ4v) is 1.96. The van der Waals surface area contributed by atoms with E-state index in [1.54, 1.807) is 0 Å². The molecule has 1 aromatic carbocycles. The summed E-state index contributed by atoms with van der Waals surface area (Å²) in [5.41, 5.74) is 6.46. The highest BCUT2D eigenvalue weighted by atomic mass is 14.7. The van der Waals surface area contributed by atoms with Crippen molar-refractivity contribution in [1.82, 2.24) is 0 Å². The highest BCUT2D eigenvalue weighted by Gasteiger charge is 2.13. The minimum Gasteiger partial charge on any atom is -0.285 e. The van der Waals surface area contributed by atoms with Gasteiger partial charge in [-0.1, -0.05) is 29.8 Å². The summed E-state index contributed by atoms with van der Waals surface area (Å²) in [4.78, 5) is 4.51. The Hall–Kier alpha value is -1.37. The van der Waals surface area contributed by atoms with E-state index in [0.29, 0.717) is 0 Å². The summed E-state index contributed by atoms with van der Waals surface area (Å²) in [6.45, 7) is 7.11. The number of hydrogen-bond acceptors (Lipinski definition) is 1. The second-order valence-corrected chi connectivity index (χ2v) is 3.76. The molecule has 0 aliphatic carbocycles. The smallest absolute Gasteiger partial charge is 0.0649 e. The van der Waals surface area contributed by atoms with Crippen molar-refractivity contribution in [3.05, 3.63) is 41.0 Å². The molecule has 2 rings (SSSR count). The number of aliphatic imine (C=N–C) groups is 1. The van der Waals surface area contributed by atoms with Crippen molar-refractivity contribution in [1.29, 1.82) is 0 Å². The normalized spacial score (nSPS) is 17.9. The number of rotatable bonds is 0. The Bertz CT molecular complexity index is 425. The molecule has 1 aromatic rings. The lowest BCUT2D eigenvalue weighted by atomic mass is 9.92. The first-order valence-electron chi connectivity index (χ1n) is 5.00. The average Bonchev–Trinajstić information content (AvgIpc) is 2.18. The van der Waals surface area contributed by atoms with Gasteiger partial charge in [0.15, 0.2) is 0 Å². The molecule has 1 aliphatic heterocycles. The van der Waals surface area contributed by atoms with Crippen LogP contribution in [0.4, 0.5) is 0 Å². The molecule has 14 heavy (non-hydrogen) atoms. The van der Waals surface area contributed by atoms with Gasteiger partial charge in [-0.2, -0.15) is 0 Å². The summed E-state index contributed by atoms with van der Waals surface area (Å²) in [6.07, 6.45) is 2.14. The molecular weight excluding hydrogens is 170 g/mol. The first-order chi connectivity index (χ1) is 6.72.